The van der Waals surface area contributed by atoms with Crippen LogP contribution in [0.15, 0.2) is 35.5 Å². The SMILES string of the molecule is C=C1C(=O)O[C@@H]2/C=C(/C)[C@@H](O)C[C@@H]3O[C@]3(C)C[C@@H](OC(=O)/C(C)=C\C)[C@H]12. The van der Waals surface area contributed by atoms with Crippen LogP contribution in [0.4, 0.5) is 0 Å². The van der Waals surface area contributed by atoms with Crippen LogP contribution in [0.25, 0.3) is 0 Å². The second-order valence-electron chi connectivity index (χ2n) is 7.62. The van der Waals surface area contributed by atoms with Crippen LogP contribution in [0.5, 0.6) is 0 Å². The van der Waals surface area contributed by atoms with Crippen LogP contribution in [-0.4, -0.2) is 47.1 Å². The first-order chi connectivity index (χ1) is 12.2. The van der Waals surface area contributed by atoms with Crippen molar-refractivity contribution in [2.75, 3.05) is 0 Å². The summed E-state index contributed by atoms with van der Waals surface area (Å²) in [4.78, 5) is 24.5. The maximum absolute atomic E-state index is 12.4. The molecule has 2 aliphatic heterocycles. The number of aliphatic hydroxyl groups excluding tert-OH is 1. The molecule has 0 radical (unpaired) electrons. The summed E-state index contributed by atoms with van der Waals surface area (Å²) in [5.41, 5.74) is 0.974. The number of allylic oxidation sites excluding steroid dienone is 1. The largest absolute Gasteiger partial charge is 0.458 e. The minimum Gasteiger partial charge on any atom is -0.458 e. The van der Waals surface area contributed by atoms with Crippen molar-refractivity contribution < 1.29 is 28.9 Å². The van der Waals surface area contributed by atoms with Gasteiger partial charge in [0.15, 0.2) is 0 Å². The van der Waals surface area contributed by atoms with Gasteiger partial charge in [-0.2, -0.15) is 0 Å². The van der Waals surface area contributed by atoms with Crippen LogP contribution in [-0.2, 0) is 23.8 Å². The summed E-state index contributed by atoms with van der Waals surface area (Å²) < 4.78 is 17.0. The standard InChI is InChI=1S/C20H26O6/c1-6-10(2)18(22)25-15-9-20(5)16(26-20)8-13(21)11(3)7-14-17(15)12(4)19(23)24-14/h6-7,13-17,21H,4,8-9H2,1-3,5H3/b10-6-,11-7-/t13-,14+,15+,16-,17+,20+/m0/s1. The third kappa shape index (κ3) is 3.35. The van der Waals surface area contributed by atoms with E-state index in [9.17, 15) is 14.7 Å². The minimum atomic E-state index is -0.667. The molecule has 0 aromatic carbocycles. The van der Waals surface area contributed by atoms with E-state index in [0.29, 0.717) is 24.0 Å². The molecule has 2 fully saturated rings. The van der Waals surface area contributed by atoms with Crippen molar-refractivity contribution in [1.29, 1.82) is 0 Å². The van der Waals surface area contributed by atoms with Crippen molar-refractivity contribution in [3.05, 3.63) is 35.5 Å². The highest BCUT2D eigenvalue weighted by Crippen LogP contribution is 2.47. The van der Waals surface area contributed by atoms with Gasteiger partial charge in [-0.25, -0.2) is 9.59 Å². The molecule has 142 valence electrons. The Kier molecular flexibility index (Phi) is 4.84. The van der Waals surface area contributed by atoms with Crippen LogP contribution in [0.1, 0.15) is 40.5 Å². The zero-order valence-electron chi connectivity index (χ0n) is 15.7. The van der Waals surface area contributed by atoms with E-state index in [4.69, 9.17) is 14.2 Å². The Balaban J connectivity index is 1.98. The third-order valence-electron chi connectivity index (χ3n) is 5.71. The molecule has 26 heavy (non-hydrogen) atoms. The number of aliphatic hydroxyl groups is 1. The van der Waals surface area contributed by atoms with Gasteiger partial charge in [0, 0.05) is 24.0 Å². The van der Waals surface area contributed by atoms with Crippen LogP contribution < -0.4 is 0 Å². The lowest BCUT2D eigenvalue weighted by Gasteiger charge is -2.29. The Hall–Kier alpha value is -1.92. The zero-order valence-corrected chi connectivity index (χ0v) is 15.7. The van der Waals surface area contributed by atoms with Crippen LogP contribution in [0.2, 0.25) is 0 Å². The van der Waals surface area contributed by atoms with Gasteiger partial charge in [-0.1, -0.05) is 12.7 Å². The normalized spacial score (nSPS) is 42.1. The van der Waals surface area contributed by atoms with Gasteiger partial charge in [-0.05, 0) is 39.3 Å². The molecule has 6 nitrogen and oxygen atoms in total. The van der Waals surface area contributed by atoms with Gasteiger partial charge in [0.1, 0.15) is 12.2 Å². The number of carbonyl (C=O) groups excluding carboxylic acids is 2. The number of esters is 2. The van der Waals surface area contributed by atoms with Gasteiger partial charge >= 0.3 is 11.9 Å². The molecule has 3 aliphatic rings. The first-order valence-electron chi connectivity index (χ1n) is 8.94. The lowest BCUT2D eigenvalue weighted by Crippen LogP contribution is -2.37. The maximum atomic E-state index is 12.4. The van der Waals surface area contributed by atoms with E-state index in [1.807, 2.05) is 6.92 Å². The number of rotatable bonds is 2. The predicted molar refractivity (Wildman–Crippen MR) is 94.1 cm³/mol. The fourth-order valence-electron chi connectivity index (χ4n) is 3.70. The van der Waals surface area contributed by atoms with Crippen molar-refractivity contribution in [3.63, 3.8) is 0 Å². The predicted octanol–water partition coefficient (Wildman–Crippen LogP) is 2.22. The summed E-state index contributed by atoms with van der Waals surface area (Å²) >= 11 is 0. The summed E-state index contributed by atoms with van der Waals surface area (Å²) in [5.74, 6) is -1.43. The molecule has 0 aromatic heterocycles. The van der Waals surface area contributed by atoms with E-state index >= 15 is 0 Å². The van der Waals surface area contributed by atoms with Gasteiger partial charge < -0.3 is 19.3 Å². The minimum absolute atomic E-state index is 0.118. The zero-order chi connectivity index (χ0) is 19.2. The molecule has 6 heteroatoms. The highest BCUT2D eigenvalue weighted by atomic mass is 16.6. The smallest absolute Gasteiger partial charge is 0.334 e. The summed E-state index contributed by atoms with van der Waals surface area (Å²) in [6, 6.07) is 0. The Labute approximate surface area is 153 Å². The molecule has 2 saturated heterocycles. The molecule has 2 heterocycles. The van der Waals surface area contributed by atoms with E-state index in [2.05, 4.69) is 6.58 Å². The van der Waals surface area contributed by atoms with Crippen molar-refractivity contribution >= 4 is 11.9 Å². The molecule has 1 N–H and O–H groups in total. The second-order valence-corrected chi connectivity index (χ2v) is 7.62. The number of fused-ring (bicyclic) bond motifs is 2. The number of hydrogen-bond acceptors (Lipinski definition) is 6. The fourth-order valence-corrected chi connectivity index (χ4v) is 3.70. The molecule has 0 spiro atoms. The maximum Gasteiger partial charge on any atom is 0.334 e. The topological polar surface area (TPSA) is 85.4 Å². The van der Waals surface area contributed by atoms with Crippen LogP contribution in [0.3, 0.4) is 0 Å². The van der Waals surface area contributed by atoms with E-state index in [1.165, 1.54) is 0 Å². The van der Waals surface area contributed by atoms with Crippen molar-refractivity contribution in [2.24, 2.45) is 5.92 Å². The van der Waals surface area contributed by atoms with Gasteiger partial charge in [0.25, 0.3) is 0 Å². The molecule has 0 amide bonds. The van der Waals surface area contributed by atoms with Crippen LogP contribution >= 0.6 is 0 Å². The number of epoxide rings is 1. The highest BCUT2D eigenvalue weighted by molar-refractivity contribution is 5.92. The first kappa shape index (κ1) is 18.9. The van der Waals surface area contributed by atoms with Gasteiger partial charge in [-0.3, -0.25) is 0 Å². The Morgan fingerprint density at radius 1 is 1.50 bits per heavy atom. The summed E-state index contributed by atoms with van der Waals surface area (Å²) in [7, 11) is 0. The summed E-state index contributed by atoms with van der Waals surface area (Å²) in [6.45, 7) is 11.0. The molecule has 0 bridgehead atoms. The lowest BCUT2D eigenvalue weighted by molar-refractivity contribution is -0.148. The van der Waals surface area contributed by atoms with Crippen molar-refractivity contribution in [3.8, 4) is 0 Å². The van der Waals surface area contributed by atoms with E-state index in [1.54, 1.807) is 32.9 Å². The molecule has 3 rings (SSSR count). The van der Waals surface area contributed by atoms with Crippen LogP contribution in [0, 0.1) is 5.92 Å². The molecule has 1 aliphatic carbocycles. The second kappa shape index (κ2) is 6.67. The van der Waals surface area contributed by atoms with Crippen molar-refractivity contribution in [2.45, 2.75) is 70.6 Å². The Morgan fingerprint density at radius 3 is 2.85 bits per heavy atom. The highest BCUT2D eigenvalue weighted by Gasteiger charge is 2.57. The Morgan fingerprint density at radius 2 is 2.19 bits per heavy atom. The number of hydrogen-bond donors (Lipinski definition) is 1. The van der Waals surface area contributed by atoms with E-state index in [-0.39, 0.29) is 11.7 Å². The molecule has 6 atom stereocenters. The summed E-state index contributed by atoms with van der Waals surface area (Å²) in [5, 5.41) is 10.4. The van der Waals surface area contributed by atoms with Gasteiger partial charge in [0.05, 0.1) is 23.7 Å². The monoisotopic (exact) mass is 362 g/mol. The molecule has 0 saturated carbocycles. The molecule has 0 unspecified atom stereocenters. The third-order valence-corrected chi connectivity index (χ3v) is 5.71. The fraction of sp³-hybridized carbons (Fsp3) is 0.600. The van der Waals surface area contributed by atoms with Gasteiger partial charge in [-0.15, -0.1) is 0 Å². The van der Waals surface area contributed by atoms with Crippen molar-refractivity contribution in [1.82, 2.24) is 0 Å². The van der Waals surface area contributed by atoms with E-state index < -0.39 is 41.8 Å². The average molecular weight is 362 g/mol. The van der Waals surface area contributed by atoms with Gasteiger partial charge in [0.2, 0.25) is 0 Å². The quantitative estimate of drug-likeness (QED) is 0.351. The molecule has 0 aromatic rings. The van der Waals surface area contributed by atoms with E-state index in [0.717, 1.165) is 0 Å². The number of carbonyl (C=O) groups is 2. The number of ether oxygens (including phenoxy) is 3. The molecular formula is C20H26O6. The molecular weight excluding hydrogens is 336 g/mol. The first-order valence-corrected chi connectivity index (χ1v) is 8.94. The Bertz CT molecular complexity index is 705. The lowest BCUT2D eigenvalue weighted by atomic mass is 9.82. The average Bonchev–Trinajstić information content (AvgIpc) is 3.11. The summed E-state index contributed by atoms with van der Waals surface area (Å²) in [6.07, 6.45) is 2.29.